The zero-order valence-corrected chi connectivity index (χ0v) is 41.3. The van der Waals surface area contributed by atoms with Gasteiger partial charge >= 0.3 is 0 Å². The second-order valence-electron chi connectivity index (χ2n) is 19.2. The molecule has 11 aromatic rings. The molecule has 0 nitrogen and oxygen atoms in total. The second kappa shape index (κ2) is 17.2. The number of fused-ring (bicyclic) bond motifs is 9. The van der Waals surface area contributed by atoms with Crippen molar-refractivity contribution in [1.82, 2.24) is 0 Å². The third kappa shape index (κ3) is 7.71. The molecule has 0 atom stereocenters. The molecule has 0 aliphatic rings. The third-order valence-corrected chi connectivity index (χ3v) is 13.1. The van der Waals surface area contributed by atoms with E-state index < -0.39 is 0 Å². The SMILES string of the molecule is CC(C)(C)c1cc2c(cc1-c1ccccc1-c1ccc3c(ccc4ccccc43)c1)[cH-]c1cc(-c3ccccc3-c3ccc4c(ccc5ccccc54)c3)c(C(C)(C)C)cc12.Cl.Cl.[Zr]. The summed E-state index contributed by atoms with van der Waals surface area (Å²) < 4.78 is 0. The van der Waals surface area contributed by atoms with Crippen molar-refractivity contribution in [3.63, 3.8) is 0 Å². The van der Waals surface area contributed by atoms with Crippen LogP contribution in [0.1, 0.15) is 52.7 Å². The van der Waals surface area contributed by atoms with Gasteiger partial charge in [-0.3, -0.25) is 0 Å². The van der Waals surface area contributed by atoms with Crippen LogP contribution in [0.25, 0.3) is 109 Å². The van der Waals surface area contributed by atoms with Crippen molar-refractivity contribution < 1.29 is 26.2 Å². The van der Waals surface area contributed by atoms with Gasteiger partial charge in [-0.1, -0.05) is 199 Å². The van der Waals surface area contributed by atoms with Crippen LogP contribution in [0.3, 0.4) is 0 Å². The third-order valence-electron chi connectivity index (χ3n) is 13.1. The quantitative estimate of drug-likeness (QED) is 0.122. The Morgan fingerprint density at radius 1 is 0.297 bits per heavy atom. The van der Waals surface area contributed by atoms with Gasteiger partial charge in [0.05, 0.1) is 0 Å². The fraction of sp³-hybridized carbons (Fsp3) is 0.131. The molecule has 64 heavy (non-hydrogen) atoms. The Labute approximate surface area is 408 Å². The molecule has 0 N–H and O–H groups in total. The minimum atomic E-state index is -0.0829. The molecule has 0 fully saturated rings. The molecule has 0 aromatic heterocycles. The van der Waals surface area contributed by atoms with Crippen LogP contribution in [0.5, 0.6) is 0 Å². The number of halogens is 2. The largest absolute Gasteiger partial charge is 0.147 e. The zero-order chi connectivity index (χ0) is 41.6. The van der Waals surface area contributed by atoms with E-state index in [1.807, 2.05) is 0 Å². The smallest absolute Gasteiger partial charge is 0 e. The van der Waals surface area contributed by atoms with E-state index in [9.17, 15) is 0 Å². The van der Waals surface area contributed by atoms with Crippen LogP contribution in [-0.2, 0) is 37.0 Å². The molecule has 0 amide bonds. The summed E-state index contributed by atoms with van der Waals surface area (Å²) in [6, 6.07) is 70.8. The van der Waals surface area contributed by atoms with Gasteiger partial charge in [0.25, 0.3) is 0 Å². The fourth-order valence-corrected chi connectivity index (χ4v) is 10.1. The van der Waals surface area contributed by atoms with E-state index in [0.29, 0.717) is 0 Å². The van der Waals surface area contributed by atoms with Crippen LogP contribution < -0.4 is 0 Å². The maximum atomic E-state index is 2.51. The van der Waals surface area contributed by atoms with Crippen molar-refractivity contribution in [2.45, 2.75) is 52.4 Å². The van der Waals surface area contributed by atoms with Gasteiger partial charge < -0.3 is 0 Å². The first-order chi connectivity index (χ1) is 29.5. The van der Waals surface area contributed by atoms with Crippen molar-refractivity contribution in [2.75, 3.05) is 0 Å². The Hall–Kier alpha value is -5.43. The van der Waals surface area contributed by atoms with E-state index in [-0.39, 0.29) is 61.8 Å². The predicted octanol–water partition coefficient (Wildman–Crippen LogP) is 18.4. The monoisotopic (exact) mass is 943 g/mol. The Kier molecular flexibility index (Phi) is 12.1. The Morgan fingerprint density at radius 3 is 1.05 bits per heavy atom. The van der Waals surface area contributed by atoms with Gasteiger partial charge in [-0.25, -0.2) is 0 Å². The first kappa shape index (κ1) is 45.2. The van der Waals surface area contributed by atoms with Crippen LogP contribution in [0.2, 0.25) is 0 Å². The van der Waals surface area contributed by atoms with Gasteiger partial charge in [0, 0.05) is 26.2 Å². The van der Waals surface area contributed by atoms with Crippen LogP contribution in [0, 0.1) is 0 Å². The summed E-state index contributed by atoms with van der Waals surface area (Å²) in [4.78, 5) is 0. The molecule has 11 aromatic carbocycles. The first-order valence-corrected chi connectivity index (χ1v) is 21.7. The first-order valence-electron chi connectivity index (χ1n) is 21.7. The van der Waals surface area contributed by atoms with E-state index in [1.54, 1.807) is 0 Å². The van der Waals surface area contributed by atoms with Gasteiger partial charge in [0.2, 0.25) is 0 Å². The minimum absolute atomic E-state index is 0. The van der Waals surface area contributed by atoms with Gasteiger partial charge in [0.15, 0.2) is 0 Å². The van der Waals surface area contributed by atoms with E-state index >= 15 is 0 Å². The van der Waals surface area contributed by atoms with Crippen molar-refractivity contribution in [1.29, 1.82) is 0 Å². The molecule has 0 heterocycles. The average molecular weight is 946 g/mol. The van der Waals surface area contributed by atoms with Gasteiger partial charge in [-0.2, -0.15) is 0 Å². The summed E-state index contributed by atoms with van der Waals surface area (Å²) in [6.45, 7) is 14.2. The Morgan fingerprint density at radius 2 is 0.641 bits per heavy atom. The molecule has 0 radical (unpaired) electrons. The van der Waals surface area contributed by atoms with Crippen LogP contribution >= 0.6 is 24.8 Å². The van der Waals surface area contributed by atoms with Crippen LogP contribution in [-0.4, -0.2) is 0 Å². The molecule has 3 heteroatoms. The molecule has 0 unspecified atom stereocenters. The number of hydrogen-bond donors (Lipinski definition) is 0. The maximum absolute atomic E-state index is 2.51. The molecule has 0 bridgehead atoms. The Balaban J connectivity index is 0.00000187. The summed E-state index contributed by atoms with van der Waals surface area (Å²) in [5.74, 6) is 0. The molecule has 314 valence electrons. The Bertz CT molecular complexity index is 3320. The van der Waals surface area contributed by atoms with Crippen molar-refractivity contribution in [3.05, 3.63) is 199 Å². The molecule has 0 saturated heterocycles. The second-order valence-corrected chi connectivity index (χ2v) is 19.2. The fourth-order valence-electron chi connectivity index (χ4n) is 10.1. The maximum Gasteiger partial charge on any atom is 0 e. The van der Waals surface area contributed by atoms with Crippen LogP contribution in [0.15, 0.2) is 188 Å². The molecule has 0 saturated carbocycles. The standard InChI is InChI=1S/C61H49.2ClH.Zr/c1-60(2,3)58-36-54-44(34-56(58)52-21-13-11-19-48(52)42-27-29-50-40(31-42)25-23-38-15-7-9-17-46(38)50)33-45-35-57(59(37-55(45)54)61(4,5)6)53-22-14-12-20-49(53)43-28-30-51-41(32-43)26-24-39-16-8-10-18-47(39)51;;;/h7-37H,1-6H3;2*1H;/q-1;;;. The predicted molar refractivity (Wildman–Crippen MR) is 281 cm³/mol. The summed E-state index contributed by atoms with van der Waals surface area (Å²) >= 11 is 0. The van der Waals surface area contributed by atoms with E-state index in [4.69, 9.17) is 0 Å². The summed E-state index contributed by atoms with van der Waals surface area (Å²) in [5.41, 5.74) is 12.7. The topological polar surface area (TPSA) is 0 Å². The van der Waals surface area contributed by atoms with Gasteiger partial charge in [-0.15, -0.1) is 64.6 Å². The molecular formula is C61H51Cl2Zr-. The van der Waals surface area contributed by atoms with Crippen molar-refractivity contribution >= 4 is 89.4 Å². The van der Waals surface area contributed by atoms with Gasteiger partial charge in [0.1, 0.15) is 0 Å². The number of hydrogen-bond acceptors (Lipinski definition) is 0. The summed E-state index contributed by atoms with van der Waals surface area (Å²) in [6.07, 6.45) is 0. The number of benzene rings is 10. The zero-order valence-electron chi connectivity index (χ0n) is 37.2. The summed E-state index contributed by atoms with van der Waals surface area (Å²) in [7, 11) is 0. The van der Waals surface area contributed by atoms with E-state index in [2.05, 4.69) is 230 Å². The summed E-state index contributed by atoms with van der Waals surface area (Å²) in [5, 5.41) is 15.5. The van der Waals surface area contributed by atoms with Gasteiger partial charge in [-0.05, 0) is 122 Å². The molecule has 0 aliphatic heterocycles. The average Bonchev–Trinajstić information content (AvgIpc) is 3.63. The van der Waals surface area contributed by atoms with Crippen molar-refractivity contribution in [3.8, 4) is 44.5 Å². The molecule has 0 aliphatic carbocycles. The normalized spacial score (nSPS) is 11.8. The molecule has 11 rings (SSSR count). The van der Waals surface area contributed by atoms with Crippen molar-refractivity contribution in [2.24, 2.45) is 0 Å². The minimum Gasteiger partial charge on any atom is -0.147 e. The van der Waals surface area contributed by atoms with E-state index in [1.165, 1.54) is 120 Å². The van der Waals surface area contributed by atoms with E-state index in [0.717, 1.165) is 0 Å². The molecule has 0 spiro atoms. The number of rotatable bonds is 4. The van der Waals surface area contributed by atoms with Crippen LogP contribution in [0.4, 0.5) is 0 Å². The molecular weight excluding hydrogens is 895 g/mol.